The lowest BCUT2D eigenvalue weighted by molar-refractivity contribution is 0.0862. The molecule has 0 saturated heterocycles. The Kier molecular flexibility index (Phi) is 8.96. The van der Waals surface area contributed by atoms with Gasteiger partial charge in [-0.25, -0.2) is 0 Å². The first-order chi connectivity index (χ1) is 15.6. The minimum absolute atomic E-state index is 0.111. The average molecular weight is 439 g/mol. The molecule has 0 radical (unpaired) electrons. The third kappa shape index (κ3) is 6.74. The summed E-state index contributed by atoms with van der Waals surface area (Å²) < 4.78 is 11.3. The number of amides is 2. The van der Waals surface area contributed by atoms with E-state index in [-0.39, 0.29) is 23.9 Å². The average Bonchev–Trinajstić information content (AvgIpc) is 2.83. The summed E-state index contributed by atoms with van der Waals surface area (Å²) in [4.78, 5) is 25.8. The second kappa shape index (κ2) is 12.1. The maximum atomic E-state index is 12.9. The molecule has 0 spiro atoms. The second-order valence-electron chi connectivity index (χ2n) is 8.20. The van der Waals surface area contributed by atoms with Gasteiger partial charge in [-0.3, -0.25) is 9.59 Å². The molecule has 2 amide bonds. The Bertz CT molecular complexity index is 825. The van der Waals surface area contributed by atoms with Crippen molar-refractivity contribution < 1.29 is 19.1 Å². The van der Waals surface area contributed by atoms with E-state index in [0.29, 0.717) is 35.8 Å². The zero-order valence-electron chi connectivity index (χ0n) is 19.1. The first kappa shape index (κ1) is 23.6. The Morgan fingerprint density at radius 3 is 1.62 bits per heavy atom. The highest BCUT2D eigenvalue weighted by Crippen LogP contribution is 2.21. The third-order valence-electron chi connectivity index (χ3n) is 5.54. The van der Waals surface area contributed by atoms with Gasteiger partial charge in [-0.15, -0.1) is 0 Å². The zero-order chi connectivity index (χ0) is 22.8. The van der Waals surface area contributed by atoms with Crippen molar-refractivity contribution in [3.8, 4) is 11.5 Å². The van der Waals surface area contributed by atoms with Gasteiger partial charge in [0, 0.05) is 23.2 Å². The van der Waals surface area contributed by atoms with Gasteiger partial charge in [-0.1, -0.05) is 38.8 Å². The van der Waals surface area contributed by atoms with Crippen molar-refractivity contribution in [2.75, 3.05) is 13.2 Å². The van der Waals surface area contributed by atoms with Crippen LogP contribution in [0.5, 0.6) is 11.5 Å². The molecule has 6 heteroatoms. The molecule has 0 heterocycles. The van der Waals surface area contributed by atoms with Crippen LogP contribution >= 0.6 is 0 Å². The molecule has 1 fully saturated rings. The first-order valence-electron chi connectivity index (χ1n) is 11.7. The lowest BCUT2D eigenvalue weighted by Crippen LogP contribution is -2.53. The summed E-state index contributed by atoms with van der Waals surface area (Å²) in [6.07, 6.45) is 5.54. The number of hydrogen-bond acceptors (Lipinski definition) is 4. The van der Waals surface area contributed by atoms with Gasteiger partial charge in [0.2, 0.25) is 0 Å². The van der Waals surface area contributed by atoms with Crippen LogP contribution in [0.25, 0.3) is 0 Å². The molecule has 2 N–H and O–H groups in total. The lowest BCUT2D eigenvalue weighted by Gasteiger charge is -2.33. The van der Waals surface area contributed by atoms with E-state index < -0.39 is 0 Å². The van der Waals surface area contributed by atoms with Crippen molar-refractivity contribution in [2.24, 2.45) is 0 Å². The van der Waals surface area contributed by atoms with Crippen LogP contribution in [0.2, 0.25) is 0 Å². The maximum Gasteiger partial charge on any atom is 0.251 e. The topological polar surface area (TPSA) is 76.7 Å². The largest absolute Gasteiger partial charge is 0.494 e. The van der Waals surface area contributed by atoms with Crippen LogP contribution in [0.3, 0.4) is 0 Å². The molecule has 32 heavy (non-hydrogen) atoms. The molecule has 1 aliphatic rings. The summed E-state index contributed by atoms with van der Waals surface area (Å²) in [6.45, 7) is 5.32. The van der Waals surface area contributed by atoms with Crippen LogP contribution in [-0.2, 0) is 0 Å². The molecule has 2 aromatic carbocycles. The van der Waals surface area contributed by atoms with Crippen LogP contribution in [0.1, 0.15) is 73.1 Å². The van der Waals surface area contributed by atoms with E-state index >= 15 is 0 Å². The van der Waals surface area contributed by atoms with E-state index in [1.54, 1.807) is 24.3 Å². The highest BCUT2D eigenvalue weighted by molar-refractivity contribution is 5.96. The van der Waals surface area contributed by atoms with Gasteiger partial charge in [0.1, 0.15) is 11.5 Å². The Morgan fingerprint density at radius 1 is 0.781 bits per heavy atom. The molecular weight excluding hydrogens is 404 g/mol. The van der Waals surface area contributed by atoms with Crippen LogP contribution in [0.15, 0.2) is 48.5 Å². The summed E-state index contributed by atoms with van der Waals surface area (Å²) >= 11 is 0. The van der Waals surface area contributed by atoms with Crippen molar-refractivity contribution >= 4 is 11.8 Å². The number of rotatable bonds is 10. The van der Waals surface area contributed by atoms with Crippen LogP contribution in [-0.4, -0.2) is 37.1 Å². The highest BCUT2D eigenvalue weighted by atomic mass is 16.5. The van der Waals surface area contributed by atoms with Gasteiger partial charge in [-0.2, -0.15) is 0 Å². The Hall–Kier alpha value is -3.02. The molecule has 0 aliphatic heterocycles. The fourth-order valence-corrected chi connectivity index (χ4v) is 3.87. The lowest BCUT2D eigenvalue weighted by atomic mass is 9.89. The van der Waals surface area contributed by atoms with Gasteiger partial charge in [0.05, 0.1) is 13.2 Å². The van der Waals surface area contributed by atoms with E-state index in [0.717, 1.165) is 38.5 Å². The number of carbonyl (C=O) groups is 2. The van der Waals surface area contributed by atoms with Crippen molar-refractivity contribution in [2.45, 2.75) is 64.5 Å². The molecular formula is C26H34N2O4. The molecule has 2 unspecified atom stereocenters. The van der Waals surface area contributed by atoms with Crippen molar-refractivity contribution in [3.63, 3.8) is 0 Å². The van der Waals surface area contributed by atoms with Crippen molar-refractivity contribution in [3.05, 3.63) is 59.7 Å². The highest BCUT2D eigenvalue weighted by Gasteiger charge is 2.28. The number of carbonyl (C=O) groups excluding carboxylic acids is 2. The fourth-order valence-electron chi connectivity index (χ4n) is 3.87. The Labute approximate surface area is 190 Å². The fraction of sp³-hybridized carbons (Fsp3) is 0.462. The summed E-state index contributed by atoms with van der Waals surface area (Å²) in [5.74, 6) is 1.09. The molecule has 6 nitrogen and oxygen atoms in total. The van der Waals surface area contributed by atoms with Gasteiger partial charge in [0.15, 0.2) is 0 Å². The quantitative estimate of drug-likeness (QED) is 0.562. The molecule has 172 valence electrons. The molecule has 0 bridgehead atoms. The molecule has 0 aromatic heterocycles. The molecule has 2 atom stereocenters. The zero-order valence-corrected chi connectivity index (χ0v) is 19.1. The maximum absolute atomic E-state index is 12.9. The monoisotopic (exact) mass is 438 g/mol. The summed E-state index contributed by atoms with van der Waals surface area (Å²) in [6, 6.07) is 14.2. The van der Waals surface area contributed by atoms with Crippen molar-refractivity contribution in [1.29, 1.82) is 0 Å². The minimum Gasteiger partial charge on any atom is -0.494 e. The number of ether oxygens (including phenoxy) is 2. The summed E-state index contributed by atoms with van der Waals surface area (Å²) in [5.41, 5.74) is 1.13. The van der Waals surface area contributed by atoms with E-state index in [2.05, 4.69) is 10.6 Å². The van der Waals surface area contributed by atoms with Crippen LogP contribution in [0.4, 0.5) is 0 Å². The van der Waals surface area contributed by atoms with Gasteiger partial charge in [0.25, 0.3) is 11.8 Å². The summed E-state index contributed by atoms with van der Waals surface area (Å²) in [7, 11) is 0. The predicted octanol–water partition coefficient (Wildman–Crippen LogP) is 4.74. The molecule has 2 aromatic rings. The third-order valence-corrected chi connectivity index (χ3v) is 5.54. The standard InChI is InChI=1S/C26H34N2O4/c1-3-15-31-21-11-7-9-19(17-21)25(29)27-23-13-5-6-14-24(23)28-26(30)20-10-8-12-22(18-20)32-16-4-2/h7-12,17-18,23-24H,3-6,13-16H2,1-2H3,(H,27,29)(H,28,30). The first-order valence-corrected chi connectivity index (χ1v) is 11.7. The van der Waals surface area contributed by atoms with Gasteiger partial charge in [-0.05, 0) is 62.1 Å². The van der Waals surface area contributed by atoms with E-state index in [4.69, 9.17) is 9.47 Å². The van der Waals surface area contributed by atoms with Crippen molar-refractivity contribution in [1.82, 2.24) is 10.6 Å². The van der Waals surface area contributed by atoms with Gasteiger partial charge >= 0.3 is 0 Å². The molecule has 1 saturated carbocycles. The molecule has 1 aliphatic carbocycles. The smallest absolute Gasteiger partial charge is 0.251 e. The van der Waals surface area contributed by atoms with E-state index in [1.165, 1.54) is 0 Å². The Morgan fingerprint density at radius 2 is 1.22 bits per heavy atom. The predicted molar refractivity (Wildman–Crippen MR) is 125 cm³/mol. The number of benzene rings is 2. The Balaban J connectivity index is 1.63. The van der Waals surface area contributed by atoms with Gasteiger partial charge < -0.3 is 20.1 Å². The van der Waals surface area contributed by atoms with Crippen LogP contribution < -0.4 is 20.1 Å². The minimum atomic E-state index is -0.145. The van der Waals surface area contributed by atoms with E-state index in [1.807, 2.05) is 38.1 Å². The van der Waals surface area contributed by atoms with Crippen LogP contribution in [0, 0.1) is 0 Å². The number of hydrogen-bond donors (Lipinski definition) is 2. The normalized spacial score (nSPS) is 17.9. The second-order valence-corrected chi connectivity index (χ2v) is 8.20. The summed E-state index contributed by atoms with van der Waals surface area (Å²) in [5, 5.41) is 6.26. The number of nitrogens with one attached hydrogen (secondary N) is 2. The van der Waals surface area contributed by atoms with E-state index in [9.17, 15) is 9.59 Å². The SMILES string of the molecule is CCCOc1cccc(C(=O)NC2CCCCC2NC(=O)c2cccc(OCCC)c2)c1. The molecule has 3 rings (SSSR count).